The summed E-state index contributed by atoms with van der Waals surface area (Å²) in [5.74, 6) is 0.513. The van der Waals surface area contributed by atoms with E-state index in [0.29, 0.717) is 16.5 Å². The van der Waals surface area contributed by atoms with Crippen LogP contribution in [0.25, 0.3) is 10.8 Å². The third kappa shape index (κ3) is 5.03. The van der Waals surface area contributed by atoms with Crippen LogP contribution in [0.1, 0.15) is 0 Å². The van der Waals surface area contributed by atoms with Gasteiger partial charge in [0.1, 0.15) is 5.75 Å². The van der Waals surface area contributed by atoms with Crippen molar-refractivity contribution >= 4 is 47.9 Å². The smallest absolute Gasteiger partial charge is 0.269 e. The summed E-state index contributed by atoms with van der Waals surface area (Å²) in [6, 6.07) is 20.0. The lowest BCUT2D eigenvalue weighted by Crippen LogP contribution is -2.15. The van der Waals surface area contributed by atoms with Gasteiger partial charge in [-0.05, 0) is 48.5 Å². The van der Waals surface area contributed by atoms with E-state index in [1.54, 1.807) is 24.3 Å². The van der Waals surface area contributed by atoms with E-state index in [9.17, 15) is 26.9 Å². The van der Waals surface area contributed by atoms with Crippen molar-refractivity contribution in [3.63, 3.8) is 0 Å². The molecule has 0 heterocycles. The van der Waals surface area contributed by atoms with Crippen LogP contribution in [0.15, 0.2) is 94.7 Å². The van der Waals surface area contributed by atoms with E-state index < -0.39 is 25.0 Å². The predicted octanol–water partition coefficient (Wildman–Crippen LogP) is 4.36. The molecular weight excluding hydrogens is 494 g/mol. The zero-order chi connectivity index (χ0) is 25.2. The van der Waals surface area contributed by atoms with E-state index in [0.717, 1.165) is 24.3 Å². The molecule has 0 saturated heterocycles. The van der Waals surface area contributed by atoms with Crippen LogP contribution < -0.4 is 14.2 Å². The van der Waals surface area contributed by atoms with Crippen molar-refractivity contribution < 1.29 is 26.5 Å². The molecule has 0 unspecified atom stereocenters. The van der Waals surface area contributed by atoms with Gasteiger partial charge in [0.15, 0.2) is 0 Å². The van der Waals surface area contributed by atoms with Crippen molar-refractivity contribution in [2.24, 2.45) is 0 Å². The molecule has 12 heteroatoms. The normalized spacial score (nSPS) is 11.7. The van der Waals surface area contributed by atoms with E-state index in [-0.39, 0.29) is 26.9 Å². The molecule has 0 radical (unpaired) electrons. The van der Waals surface area contributed by atoms with Crippen molar-refractivity contribution in [2.45, 2.75) is 9.79 Å². The Bertz CT molecular complexity index is 1620. The Labute approximate surface area is 201 Å². The van der Waals surface area contributed by atoms with Crippen LogP contribution in [0.5, 0.6) is 5.75 Å². The first kappa shape index (κ1) is 24.0. The van der Waals surface area contributed by atoms with Crippen LogP contribution in [0, 0.1) is 10.1 Å². The number of nitro groups is 1. The van der Waals surface area contributed by atoms with Crippen LogP contribution >= 0.6 is 0 Å². The molecule has 4 aromatic carbocycles. The van der Waals surface area contributed by atoms with Crippen LogP contribution in [-0.4, -0.2) is 28.9 Å². The number of ether oxygens (including phenoxy) is 1. The fraction of sp³-hybridized carbons (Fsp3) is 0.0435. The standard InChI is InChI=1S/C23H19N3O7S2/c1-33-17-8-12-19(13-9-17)35(31,32)25-23-15-14-22(20-4-2-3-5-21(20)23)24-34(29,30)18-10-6-16(7-11-18)26(27)28/h2-15,24-25H,1H3. The number of sulfonamides is 2. The number of hydrogen-bond donors (Lipinski definition) is 2. The number of rotatable bonds is 8. The Balaban J connectivity index is 1.68. The summed E-state index contributed by atoms with van der Waals surface area (Å²) in [7, 11) is -6.52. The van der Waals surface area contributed by atoms with E-state index >= 15 is 0 Å². The number of benzene rings is 4. The van der Waals surface area contributed by atoms with Crippen LogP contribution in [-0.2, 0) is 20.0 Å². The fourth-order valence-electron chi connectivity index (χ4n) is 3.39. The summed E-state index contributed by atoms with van der Waals surface area (Å²) >= 11 is 0. The van der Waals surface area contributed by atoms with Crippen molar-refractivity contribution in [1.82, 2.24) is 0 Å². The first-order chi connectivity index (χ1) is 16.6. The summed E-state index contributed by atoms with van der Waals surface area (Å²) in [6.07, 6.45) is 0. The minimum absolute atomic E-state index is 0.0327. The molecule has 4 rings (SSSR count). The number of nitrogens with zero attached hydrogens (tertiary/aromatic N) is 1. The molecule has 0 atom stereocenters. The molecule has 10 nitrogen and oxygen atoms in total. The van der Waals surface area contributed by atoms with E-state index in [1.165, 1.54) is 43.5 Å². The van der Waals surface area contributed by atoms with Gasteiger partial charge in [-0.15, -0.1) is 0 Å². The van der Waals surface area contributed by atoms with Crippen molar-refractivity contribution in [3.8, 4) is 5.75 Å². The highest BCUT2D eigenvalue weighted by Crippen LogP contribution is 2.33. The van der Waals surface area contributed by atoms with Crippen LogP contribution in [0.4, 0.5) is 17.1 Å². The second kappa shape index (κ2) is 9.24. The quantitative estimate of drug-likeness (QED) is 0.263. The number of nitrogens with one attached hydrogen (secondary N) is 2. The molecule has 0 spiro atoms. The Hall–Kier alpha value is -4.16. The number of nitro benzene ring substituents is 1. The molecule has 0 aliphatic carbocycles. The van der Waals surface area contributed by atoms with E-state index in [4.69, 9.17) is 4.74 Å². The Morgan fingerprint density at radius 3 is 1.51 bits per heavy atom. The summed E-state index contributed by atoms with van der Waals surface area (Å²) in [4.78, 5) is 10.1. The van der Waals surface area contributed by atoms with E-state index in [1.807, 2.05) is 0 Å². The molecule has 2 N–H and O–H groups in total. The molecule has 0 aliphatic rings. The lowest BCUT2D eigenvalue weighted by Gasteiger charge is -2.15. The Morgan fingerprint density at radius 2 is 1.11 bits per heavy atom. The highest BCUT2D eigenvalue weighted by molar-refractivity contribution is 7.93. The summed E-state index contributed by atoms with van der Waals surface area (Å²) in [6.45, 7) is 0. The molecule has 35 heavy (non-hydrogen) atoms. The molecule has 0 fully saturated rings. The van der Waals surface area contributed by atoms with E-state index in [2.05, 4.69) is 9.44 Å². The maximum absolute atomic E-state index is 12.9. The van der Waals surface area contributed by atoms with Gasteiger partial charge in [0.05, 0.1) is 33.2 Å². The van der Waals surface area contributed by atoms with Crippen LogP contribution in [0.2, 0.25) is 0 Å². The monoisotopic (exact) mass is 513 g/mol. The molecule has 0 aliphatic heterocycles. The predicted molar refractivity (Wildman–Crippen MR) is 132 cm³/mol. The number of hydrogen-bond acceptors (Lipinski definition) is 7. The largest absolute Gasteiger partial charge is 0.497 e. The zero-order valence-electron chi connectivity index (χ0n) is 18.2. The maximum atomic E-state index is 12.9. The zero-order valence-corrected chi connectivity index (χ0v) is 19.8. The highest BCUT2D eigenvalue weighted by atomic mass is 32.2. The molecule has 180 valence electrons. The average molecular weight is 514 g/mol. The molecule has 4 aromatic rings. The minimum Gasteiger partial charge on any atom is -0.497 e. The van der Waals surface area contributed by atoms with Gasteiger partial charge in [-0.1, -0.05) is 24.3 Å². The SMILES string of the molecule is COc1ccc(S(=O)(=O)Nc2ccc(NS(=O)(=O)c3ccc([N+](=O)[O-])cc3)c3ccccc23)cc1. The molecule has 0 aromatic heterocycles. The van der Waals surface area contributed by atoms with Gasteiger partial charge >= 0.3 is 0 Å². The fourth-order valence-corrected chi connectivity index (χ4v) is 5.55. The number of fused-ring (bicyclic) bond motifs is 1. The topological polar surface area (TPSA) is 145 Å². The lowest BCUT2D eigenvalue weighted by molar-refractivity contribution is -0.384. The minimum atomic E-state index is -4.07. The van der Waals surface area contributed by atoms with Gasteiger partial charge in [0, 0.05) is 22.9 Å². The average Bonchev–Trinajstić information content (AvgIpc) is 2.85. The summed E-state index contributed by atoms with van der Waals surface area (Å²) < 4.78 is 61.6. The summed E-state index contributed by atoms with van der Waals surface area (Å²) in [5.41, 5.74) is 0.240. The Morgan fingerprint density at radius 1 is 0.686 bits per heavy atom. The lowest BCUT2D eigenvalue weighted by atomic mass is 10.1. The Kier molecular flexibility index (Phi) is 6.33. The highest BCUT2D eigenvalue weighted by Gasteiger charge is 2.20. The molecule has 0 bridgehead atoms. The van der Waals surface area contributed by atoms with Gasteiger partial charge in [0.25, 0.3) is 25.7 Å². The van der Waals surface area contributed by atoms with Crippen molar-refractivity contribution in [1.29, 1.82) is 0 Å². The number of anilines is 2. The van der Waals surface area contributed by atoms with Crippen LogP contribution in [0.3, 0.4) is 0 Å². The van der Waals surface area contributed by atoms with Gasteiger partial charge in [-0.2, -0.15) is 0 Å². The van der Waals surface area contributed by atoms with Crippen molar-refractivity contribution in [3.05, 3.63) is 95.0 Å². The van der Waals surface area contributed by atoms with Gasteiger partial charge in [0.2, 0.25) is 0 Å². The van der Waals surface area contributed by atoms with Gasteiger partial charge < -0.3 is 4.74 Å². The maximum Gasteiger partial charge on any atom is 0.269 e. The second-order valence-corrected chi connectivity index (χ2v) is 10.7. The van der Waals surface area contributed by atoms with Gasteiger partial charge in [-0.25, -0.2) is 16.8 Å². The third-order valence-corrected chi connectivity index (χ3v) is 7.90. The number of non-ortho nitro benzene ring substituents is 1. The van der Waals surface area contributed by atoms with Gasteiger partial charge in [-0.3, -0.25) is 19.6 Å². The first-order valence-electron chi connectivity index (χ1n) is 10.1. The summed E-state index contributed by atoms with van der Waals surface area (Å²) in [5, 5.41) is 11.8. The molecular formula is C23H19N3O7S2. The number of methoxy groups -OCH3 is 1. The third-order valence-electron chi connectivity index (χ3n) is 5.14. The van der Waals surface area contributed by atoms with Crippen molar-refractivity contribution in [2.75, 3.05) is 16.6 Å². The molecule has 0 saturated carbocycles. The first-order valence-corrected chi connectivity index (χ1v) is 13.0. The second-order valence-electron chi connectivity index (χ2n) is 7.34. The molecule has 0 amide bonds.